The van der Waals surface area contributed by atoms with Crippen LogP contribution >= 0.6 is 15.9 Å². The van der Waals surface area contributed by atoms with Gasteiger partial charge in [-0.15, -0.1) is 0 Å². The topological polar surface area (TPSA) is 29.1 Å². The van der Waals surface area contributed by atoms with Crippen molar-refractivity contribution in [2.75, 3.05) is 0 Å². The largest absolute Gasteiger partial charge is 0.346 e. The van der Waals surface area contributed by atoms with E-state index in [2.05, 4.69) is 21.2 Å². The van der Waals surface area contributed by atoms with Gasteiger partial charge >= 0.3 is 0 Å². The molecule has 3 heteroatoms. The molecule has 17 heavy (non-hydrogen) atoms. The van der Waals surface area contributed by atoms with Crippen LogP contribution in [0.3, 0.4) is 0 Å². The average Bonchev–Trinajstić information content (AvgIpc) is 2.29. The number of amides is 1. The van der Waals surface area contributed by atoms with Gasteiger partial charge in [-0.1, -0.05) is 46.3 Å². The van der Waals surface area contributed by atoms with Crippen molar-refractivity contribution < 1.29 is 4.79 Å². The SMILES string of the molecule is C/C=C/C=C/C(=O)N[C@@H](C)c1cccc(Br)c1. The molecule has 1 N–H and O–H groups in total. The van der Waals surface area contributed by atoms with Crippen molar-refractivity contribution in [2.24, 2.45) is 0 Å². The van der Waals surface area contributed by atoms with Crippen LogP contribution in [0.1, 0.15) is 25.5 Å². The molecule has 0 aliphatic rings. The van der Waals surface area contributed by atoms with Crippen LogP contribution in [0.2, 0.25) is 0 Å². The van der Waals surface area contributed by atoms with Gasteiger partial charge in [-0.05, 0) is 31.5 Å². The van der Waals surface area contributed by atoms with Crippen LogP contribution in [0.5, 0.6) is 0 Å². The van der Waals surface area contributed by atoms with E-state index in [-0.39, 0.29) is 11.9 Å². The van der Waals surface area contributed by atoms with Gasteiger partial charge in [0, 0.05) is 10.5 Å². The number of allylic oxidation sites excluding steroid dienone is 3. The molecule has 0 unspecified atom stereocenters. The number of rotatable bonds is 4. The Labute approximate surface area is 111 Å². The number of carbonyl (C=O) groups is 1. The zero-order chi connectivity index (χ0) is 12.7. The summed E-state index contributed by atoms with van der Waals surface area (Å²) in [5.74, 6) is -0.0874. The molecule has 1 aromatic carbocycles. The third-order valence-electron chi connectivity index (χ3n) is 2.26. The van der Waals surface area contributed by atoms with E-state index < -0.39 is 0 Å². The summed E-state index contributed by atoms with van der Waals surface area (Å²) < 4.78 is 1.01. The molecule has 1 amide bonds. The summed E-state index contributed by atoms with van der Waals surface area (Å²) in [4.78, 5) is 11.5. The van der Waals surface area contributed by atoms with Gasteiger partial charge in [0.05, 0.1) is 6.04 Å². The van der Waals surface area contributed by atoms with Crippen LogP contribution in [-0.2, 0) is 4.79 Å². The lowest BCUT2D eigenvalue weighted by atomic mass is 10.1. The van der Waals surface area contributed by atoms with Gasteiger partial charge in [0.15, 0.2) is 0 Å². The van der Waals surface area contributed by atoms with Gasteiger partial charge in [0.25, 0.3) is 0 Å². The van der Waals surface area contributed by atoms with E-state index in [1.807, 2.05) is 50.3 Å². The fourth-order valence-electron chi connectivity index (χ4n) is 1.37. The lowest BCUT2D eigenvalue weighted by Crippen LogP contribution is -2.24. The predicted molar refractivity (Wildman–Crippen MR) is 74.7 cm³/mol. The second kappa shape index (κ2) is 7.07. The number of hydrogen-bond donors (Lipinski definition) is 1. The second-order valence-corrected chi connectivity index (χ2v) is 4.59. The van der Waals surface area contributed by atoms with Gasteiger partial charge in [0.2, 0.25) is 5.91 Å². The molecule has 0 radical (unpaired) electrons. The fourth-order valence-corrected chi connectivity index (χ4v) is 1.79. The molecule has 0 bridgehead atoms. The molecule has 0 spiro atoms. The summed E-state index contributed by atoms with van der Waals surface area (Å²) >= 11 is 3.41. The zero-order valence-corrected chi connectivity index (χ0v) is 11.6. The smallest absolute Gasteiger partial charge is 0.244 e. The van der Waals surface area contributed by atoms with Crippen LogP contribution < -0.4 is 5.32 Å². The van der Waals surface area contributed by atoms with E-state index in [9.17, 15) is 4.79 Å². The number of carbonyl (C=O) groups excluding carboxylic acids is 1. The Morgan fingerprint density at radius 2 is 2.18 bits per heavy atom. The highest BCUT2D eigenvalue weighted by Crippen LogP contribution is 2.17. The zero-order valence-electron chi connectivity index (χ0n) is 9.98. The third kappa shape index (κ3) is 5.00. The Bertz CT molecular complexity index is 438. The first kappa shape index (κ1) is 13.7. The van der Waals surface area contributed by atoms with Crippen LogP contribution in [0.15, 0.2) is 53.0 Å². The van der Waals surface area contributed by atoms with Gasteiger partial charge in [-0.2, -0.15) is 0 Å². The van der Waals surface area contributed by atoms with Crippen molar-refractivity contribution in [3.63, 3.8) is 0 Å². The molecule has 0 aliphatic heterocycles. The van der Waals surface area contributed by atoms with Gasteiger partial charge in [-0.3, -0.25) is 4.79 Å². The van der Waals surface area contributed by atoms with Crippen LogP contribution in [0.25, 0.3) is 0 Å². The number of nitrogens with one attached hydrogen (secondary N) is 1. The van der Waals surface area contributed by atoms with Crippen molar-refractivity contribution in [1.29, 1.82) is 0 Å². The maximum Gasteiger partial charge on any atom is 0.244 e. The minimum atomic E-state index is -0.0874. The lowest BCUT2D eigenvalue weighted by molar-refractivity contribution is -0.117. The monoisotopic (exact) mass is 293 g/mol. The second-order valence-electron chi connectivity index (χ2n) is 3.67. The van der Waals surface area contributed by atoms with Crippen molar-refractivity contribution in [3.8, 4) is 0 Å². The number of halogens is 1. The molecule has 90 valence electrons. The molecule has 1 rings (SSSR count). The quantitative estimate of drug-likeness (QED) is 0.665. The Morgan fingerprint density at radius 1 is 1.41 bits per heavy atom. The molecule has 0 saturated heterocycles. The van der Waals surface area contributed by atoms with Crippen molar-refractivity contribution in [2.45, 2.75) is 19.9 Å². The first-order valence-electron chi connectivity index (χ1n) is 5.49. The lowest BCUT2D eigenvalue weighted by Gasteiger charge is -2.13. The maximum absolute atomic E-state index is 11.5. The van der Waals surface area contributed by atoms with Gasteiger partial charge in [-0.25, -0.2) is 0 Å². The Hall–Kier alpha value is -1.35. The summed E-state index contributed by atoms with van der Waals surface area (Å²) in [7, 11) is 0. The molecular weight excluding hydrogens is 278 g/mol. The normalized spacial score (nSPS) is 13.1. The summed E-state index contributed by atoms with van der Waals surface area (Å²) in [6.45, 7) is 3.87. The molecule has 0 heterocycles. The average molecular weight is 294 g/mol. The Morgan fingerprint density at radius 3 is 2.82 bits per heavy atom. The van der Waals surface area contributed by atoms with Crippen molar-refractivity contribution in [1.82, 2.24) is 5.32 Å². The highest BCUT2D eigenvalue weighted by molar-refractivity contribution is 9.10. The van der Waals surface area contributed by atoms with E-state index in [0.29, 0.717) is 0 Å². The minimum Gasteiger partial charge on any atom is -0.346 e. The molecule has 0 fully saturated rings. The standard InChI is InChI=1S/C14H16BrNO/c1-3-4-5-9-14(17)16-11(2)12-7-6-8-13(15)10-12/h3-11H,1-2H3,(H,16,17)/b4-3+,9-5+/t11-/m0/s1. The van der Waals surface area contributed by atoms with Crippen LogP contribution in [0.4, 0.5) is 0 Å². The molecule has 1 atom stereocenters. The number of benzene rings is 1. The highest BCUT2D eigenvalue weighted by Gasteiger charge is 2.07. The summed E-state index contributed by atoms with van der Waals surface area (Å²) in [5.41, 5.74) is 1.08. The van der Waals surface area contributed by atoms with E-state index in [1.165, 1.54) is 6.08 Å². The first-order valence-corrected chi connectivity index (χ1v) is 6.28. The van der Waals surface area contributed by atoms with E-state index >= 15 is 0 Å². The summed E-state index contributed by atoms with van der Waals surface area (Å²) in [6, 6.07) is 7.91. The number of hydrogen-bond acceptors (Lipinski definition) is 1. The highest BCUT2D eigenvalue weighted by atomic mass is 79.9. The molecule has 2 nitrogen and oxygen atoms in total. The summed E-state index contributed by atoms with van der Waals surface area (Å²) in [5, 5.41) is 2.90. The molecule has 0 aromatic heterocycles. The Balaban J connectivity index is 2.60. The van der Waals surface area contributed by atoms with E-state index in [1.54, 1.807) is 6.08 Å². The first-order chi connectivity index (χ1) is 8.13. The predicted octanol–water partition coefficient (Wildman–Crippen LogP) is 3.76. The van der Waals surface area contributed by atoms with E-state index in [4.69, 9.17) is 0 Å². The van der Waals surface area contributed by atoms with Crippen molar-refractivity contribution in [3.05, 3.63) is 58.6 Å². The molecule has 1 aromatic rings. The van der Waals surface area contributed by atoms with Crippen molar-refractivity contribution >= 4 is 21.8 Å². The van der Waals surface area contributed by atoms with E-state index in [0.717, 1.165) is 10.0 Å². The van der Waals surface area contributed by atoms with Gasteiger partial charge < -0.3 is 5.32 Å². The molecule has 0 aliphatic carbocycles. The molecule has 0 saturated carbocycles. The maximum atomic E-state index is 11.5. The fraction of sp³-hybridized carbons (Fsp3) is 0.214. The molecular formula is C14H16BrNO. The summed E-state index contributed by atoms with van der Waals surface area (Å²) in [6.07, 6.45) is 6.95. The minimum absolute atomic E-state index is 0.00439. The van der Waals surface area contributed by atoms with Crippen LogP contribution in [-0.4, -0.2) is 5.91 Å². The Kier molecular flexibility index (Phi) is 5.70. The van der Waals surface area contributed by atoms with Crippen LogP contribution in [0, 0.1) is 0 Å². The van der Waals surface area contributed by atoms with Gasteiger partial charge in [0.1, 0.15) is 0 Å². The third-order valence-corrected chi connectivity index (χ3v) is 2.75.